The number of carbonyl (C=O) groups is 2. The van der Waals surface area contributed by atoms with Crippen molar-refractivity contribution >= 4 is 28.5 Å². The van der Waals surface area contributed by atoms with Gasteiger partial charge in [0.05, 0.1) is 19.9 Å². The second kappa shape index (κ2) is 8.66. The topological polar surface area (TPSA) is 80.8 Å². The summed E-state index contributed by atoms with van der Waals surface area (Å²) in [6.45, 7) is 3.66. The molecule has 1 aromatic heterocycles. The molecule has 1 aromatic carbocycles. The zero-order valence-electron chi connectivity index (χ0n) is 15.5. The molecule has 8 heteroatoms. The summed E-state index contributed by atoms with van der Waals surface area (Å²) in [5.74, 6) is 0.281. The summed E-state index contributed by atoms with van der Waals surface area (Å²) in [5, 5.41) is 3.14. The van der Waals surface area contributed by atoms with Crippen molar-refractivity contribution in [2.24, 2.45) is 0 Å². The van der Waals surface area contributed by atoms with E-state index in [1.165, 1.54) is 7.11 Å². The molecule has 7 nitrogen and oxygen atoms in total. The van der Waals surface area contributed by atoms with Crippen LogP contribution in [0.4, 0.5) is 9.80 Å². The van der Waals surface area contributed by atoms with E-state index in [9.17, 15) is 9.59 Å². The first-order chi connectivity index (χ1) is 12.4. The number of ether oxygens (including phenoxy) is 2. The number of methoxy groups -OCH3 is 2. The molecule has 0 fully saturated rings. The van der Waals surface area contributed by atoms with Crippen LogP contribution < -0.4 is 10.1 Å². The molecule has 1 N–H and O–H groups in total. The van der Waals surface area contributed by atoms with E-state index in [1.807, 2.05) is 31.2 Å². The predicted molar refractivity (Wildman–Crippen MR) is 101 cm³/mol. The van der Waals surface area contributed by atoms with Crippen molar-refractivity contribution in [2.75, 3.05) is 26.6 Å². The van der Waals surface area contributed by atoms with Crippen molar-refractivity contribution in [1.29, 1.82) is 0 Å². The number of nitrogens with one attached hydrogen (secondary N) is 1. The Morgan fingerprint density at radius 3 is 2.50 bits per heavy atom. The van der Waals surface area contributed by atoms with Crippen LogP contribution in [0, 0.1) is 6.92 Å². The number of aromatic nitrogens is 1. The Balaban J connectivity index is 2.03. The van der Waals surface area contributed by atoms with Gasteiger partial charge in [-0.3, -0.25) is 5.32 Å². The molecule has 0 radical (unpaired) electrons. The zero-order chi connectivity index (χ0) is 19.3. The molecule has 2 rings (SSSR count). The molecule has 0 spiro atoms. The molecule has 0 aliphatic rings. The lowest BCUT2D eigenvalue weighted by atomic mass is 10.1. The molecule has 0 saturated heterocycles. The molecular weight excluding hydrogens is 354 g/mol. The van der Waals surface area contributed by atoms with Gasteiger partial charge in [-0.1, -0.05) is 12.1 Å². The average molecular weight is 377 g/mol. The molecule has 0 aliphatic heterocycles. The summed E-state index contributed by atoms with van der Waals surface area (Å²) in [6.07, 6.45) is 0.694. The van der Waals surface area contributed by atoms with Crippen molar-refractivity contribution < 1.29 is 19.1 Å². The Morgan fingerprint density at radius 2 is 1.92 bits per heavy atom. The number of hydrogen-bond acceptors (Lipinski definition) is 6. The van der Waals surface area contributed by atoms with Crippen LogP contribution in [-0.4, -0.2) is 48.6 Å². The number of amides is 2. The Morgan fingerprint density at radius 1 is 1.27 bits per heavy atom. The number of esters is 1. The highest BCUT2D eigenvalue weighted by Gasteiger charge is 2.23. The number of carbonyl (C=O) groups excluding carboxylic acids is 2. The number of urea groups is 1. The summed E-state index contributed by atoms with van der Waals surface area (Å²) in [5.41, 5.74) is 1.93. The molecule has 1 heterocycles. The lowest BCUT2D eigenvalue weighted by molar-refractivity contribution is 0.0601. The second-order valence-corrected chi connectivity index (χ2v) is 6.68. The van der Waals surface area contributed by atoms with E-state index in [0.29, 0.717) is 22.7 Å². The highest BCUT2D eigenvalue weighted by atomic mass is 32.1. The van der Waals surface area contributed by atoms with E-state index in [0.717, 1.165) is 22.8 Å². The van der Waals surface area contributed by atoms with Gasteiger partial charge < -0.3 is 14.4 Å². The van der Waals surface area contributed by atoms with E-state index < -0.39 is 5.97 Å². The number of benzene rings is 1. The van der Waals surface area contributed by atoms with E-state index >= 15 is 0 Å². The van der Waals surface area contributed by atoms with Gasteiger partial charge in [0.1, 0.15) is 16.3 Å². The molecule has 0 aliphatic carbocycles. The number of likely N-dealkylation sites (N-methyl/N-ethyl adjacent to an activating group) is 1. The maximum Gasteiger partial charge on any atom is 0.342 e. The predicted octanol–water partition coefficient (Wildman–Crippen LogP) is 3.34. The Kier molecular flexibility index (Phi) is 6.57. The summed E-state index contributed by atoms with van der Waals surface area (Å²) in [7, 11) is 4.64. The lowest BCUT2D eigenvalue weighted by Gasteiger charge is -2.25. The maximum absolute atomic E-state index is 12.5. The van der Waals surface area contributed by atoms with Gasteiger partial charge in [-0.25, -0.2) is 9.59 Å². The fourth-order valence-electron chi connectivity index (χ4n) is 2.42. The van der Waals surface area contributed by atoms with Crippen LogP contribution in [-0.2, 0) is 11.2 Å². The third kappa shape index (κ3) is 4.51. The van der Waals surface area contributed by atoms with Gasteiger partial charge in [0, 0.05) is 13.1 Å². The third-order valence-corrected chi connectivity index (χ3v) is 5.00. The van der Waals surface area contributed by atoms with E-state index in [1.54, 1.807) is 26.0 Å². The summed E-state index contributed by atoms with van der Waals surface area (Å²) in [6, 6.07) is 7.39. The van der Waals surface area contributed by atoms with Crippen LogP contribution >= 0.6 is 11.5 Å². The molecule has 140 valence electrons. The first-order valence-corrected chi connectivity index (χ1v) is 8.86. The lowest BCUT2D eigenvalue weighted by Crippen LogP contribution is -2.39. The van der Waals surface area contributed by atoms with Gasteiger partial charge in [-0.05, 0) is 49.5 Å². The van der Waals surface area contributed by atoms with E-state index in [4.69, 9.17) is 9.47 Å². The molecule has 0 saturated carbocycles. The van der Waals surface area contributed by atoms with Gasteiger partial charge >= 0.3 is 12.0 Å². The SMILES string of the molecule is COC(=O)c1c(C)nsc1NC(=O)N(C)[C@@H](C)Cc1ccc(OC)cc1. The number of anilines is 1. The third-order valence-electron chi connectivity index (χ3n) is 4.14. The molecule has 0 bridgehead atoms. The van der Waals surface area contributed by atoms with Gasteiger partial charge in [-0.2, -0.15) is 4.37 Å². The van der Waals surface area contributed by atoms with Crippen molar-refractivity contribution in [3.63, 3.8) is 0 Å². The standard InChI is InChI=1S/C18H23N3O4S/c1-11(10-13-6-8-14(24-4)9-7-13)21(3)18(23)19-16-15(17(22)25-5)12(2)20-26-16/h6-9,11H,10H2,1-5H3,(H,19,23)/t11-/m0/s1. The van der Waals surface area contributed by atoms with Crippen LogP contribution in [0.1, 0.15) is 28.5 Å². The molecule has 1 atom stereocenters. The highest BCUT2D eigenvalue weighted by molar-refractivity contribution is 7.11. The molecule has 2 amide bonds. The monoisotopic (exact) mass is 377 g/mol. The van der Waals surface area contributed by atoms with Crippen LogP contribution in [0.15, 0.2) is 24.3 Å². The van der Waals surface area contributed by atoms with Crippen LogP contribution in [0.5, 0.6) is 5.75 Å². The normalized spacial score (nSPS) is 11.6. The summed E-state index contributed by atoms with van der Waals surface area (Å²) >= 11 is 1.06. The summed E-state index contributed by atoms with van der Waals surface area (Å²) in [4.78, 5) is 26.0. The molecule has 26 heavy (non-hydrogen) atoms. The minimum absolute atomic E-state index is 0.0426. The quantitative estimate of drug-likeness (QED) is 0.781. The van der Waals surface area contributed by atoms with E-state index in [2.05, 4.69) is 9.69 Å². The summed E-state index contributed by atoms with van der Waals surface area (Å²) < 4.78 is 14.0. The van der Waals surface area contributed by atoms with Gasteiger partial charge in [-0.15, -0.1) is 0 Å². The highest BCUT2D eigenvalue weighted by Crippen LogP contribution is 2.25. The Labute approximate surface area is 157 Å². The Bertz CT molecular complexity index is 773. The number of aryl methyl sites for hydroxylation is 1. The van der Waals surface area contributed by atoms with Crippen molar-refractivity contribution in [3.8, 4) is 5.75 Å². The molecule has 0 unspecified atom stereocenters. The fraction of sp³-hybridized carbons (Fsp3) is 0.389. The largest absolute Gasteiger partial charge is 0.497 e. The number of hydrogen-bond donors (Lipinski definition) is 1. The van der Waals surface area contributed by atoms with Crippen LogP contribution in [0.2, 0.25) is 0 Å². The maximum atomic E-state index is 12.5. The Hall–Kier alpha value is -2.61. The minimum atomic E-state index is -0.513. The number of nitrogens with zero attached hydrogens (tertiary/aromatic N) is 2. The molecule has 2 aromatic rings. The van der Waals surface area contributed by atoms with Crippen LogP contribution in [0.3, 0.4) is 0 Å². The first-order valence-electron chi connectivity index (χ1n) is 8.08. The van der Waals surface area contributed by atoms with Crippen molar-refractivity contribution in [1.82, 2.24) is 9.27 Å². The second-order valence-electron chi connectivity index (χ2n) is 5.91. The zero-order valence-corrected chi connectivity index (χ0v) is 16.3. The minimum Gasteiger partial charge on any atom is -0.497 e. The van der Waals surface area contributed by atoms with E-state index in [-0.39, 0.29) is 12.1 Å². The first kappa shape index (κ1) is 19.7. The van der Waals surface area contributed by atoms with Crippen molar-refractivity contribution in [3.05, 3.63) is 41.1 Å². The van der Waals surface area contributed by atoms with Crippen LogP contribution in [0.25, 0.3) is 0 Å². The average Bonchev–Trinajstić information content (AvgIpc) is 3.01. The van der Waals surface area contributed by atoms with Gasteiger partial charge in [0.2, 0.25) is 0 Å². The van der Waals surface area contributed by atoms with Gasteiger partial charge in [0.15, 0.2) is 0 Å². The van der Waals surface area contributed by atoms with Crippen molar-refractivity contribution in [2.45, 2.75) is 26.3 Å². The smallest absolute Gasteiger partial charge is 0.342 e. The molecular formula is C18H23N3O4S. The number of rotatable bonds is 6. The fourth-order valence-corrected chi connectivity index (χ4v) is 3.20. The van der Waals surface area contributed by atoms with Gasteiger partial charge in [0.25, 0.3) is 0 Å².